The summed E-state index contributed by atoms with van der Waals surface area (Å²) in [6, 6.07) is 11.8. The summed E-state index contributed by atoms with van der Waals surface area (Å²) in [6.07, 6.45) is 4.29. The lowest BCUT2D eigenvalue weighted by Gasteiger charge is -2.32. The van der Waals surface area contributed by atoms with E-state index in [1.807, 2.05) is 37.4 Å². The summed E-state index contributed by atoms with van der Waals surface area (Å²) in [5.41, 5.74) is 3.81. The van der Waals surface area contributed by atoms with Crippen LogP contribution >= 0.6 is 0 Å². The average Bonchev–Trinajstić information content (AvgIpc) is 3.05. The number of imidazole rings is 1. The molecule has 0 saturated carbocycles. The maximum absolute atomic E-state index is 12.9. The van der Waals surface area contributed by atoms with Gasteiger partial charge in [-0.05, 0) is 62.1 Å². The van der Waals surface area contributed by atoms with Crippen molar-refractivity contribution in [3.8, 4) is 5.75 Å². The van der Waals surface area contributed by atoms with E-state index in [1.165, 1.54) is 18.5 Å². The average molecular weight is 378 g/mol. The molecule has 1 fully saturated rings. The monoisotopic (exact) mass is 378 g/mol. The Morgan fingerprint density at radius 3 is 2.57 bits per heavy atom. The Kier molecular flexibility index (Phi) is 4.94. The fourth-order valence-electron chi connectivity index (χ4n) is 3.80. The van der Waals surface area contributed by atoms with Crippen molar-refractivity contribution >= 4 is 22.9 Å². The Morgan fingerprint density at radius 1 is 1.18 bits per heavy atom. The van der Waals surface area contributed by atoms with E-state index in [9.17, 15) is 4.79 Å². The normalized spacial score (nSPS) is 15.0. The number of nitrogens with one attached hydrogen (secondary N) is 1. The molecule has 1 aliphatic rings. The predicted octanol–water partition coefficient (Wildman–Crippen LogP) is 4.14. The second-order valence-corrected chi connectivity index (χ2v) is 7.49. The van der Waals surface area contributed by atoms with Crippen LogP contribution in [0, 0.1) is 12.8 Å². The molecule has 6 heteroatoms. The van der Waals surface area contributed by atoms with Crippen LogP contribution in [-0.4, -0.2) is 35.5 Å². The van der Waals surface area contributed by atoms with E-state index in [0.29, 0.717) is 22.8 Å². The van der Waals surface area contributed by atoms with Gasteiger partial charge in [-0.2, -0.15) is 0 Å². The molecule has 2 aromatic heterocycles. The predicted molar refractivity (Wildman–Crippen MR) is 111 cm³/mol. The Balaban J connectivity index is 1.53. The van der Waals surface area contributed by atoms with Crippen LogP contribution < -0.4 is 15.0 Å². The maximum Gasteiger partial charge on any atom is 0.274 e. The number of nitrogens with zero attached hydrogens (tertiary/aromatic N) is 3. The SMILES string of the molecule is COc1cccn2c(C(=O)Nc3ccc(N4CCC(C)CC4)cc3)c(C)nc12. The zero-order valence-corrected chi connectivity index (χ0v) is 16.6. The molecule has 4 rings (SSSR count). The smallest absolute Gasteiger partial charge is 0.274 e. The number of anilines is 2. The molecule has 0 bridgehead atoms. The number of hydrogen-bond donors (Lipinski definition) is 1. The van der Waals surface area contributed by atoms with E-state index in [1.54, 1.807) is 11.5 Å². The van der Waals surface area contributed by atoms with E-state index >= 15 is 0 Å². The van der Waals surface area contributed by atoms with Crippen molar-refractivity contribution in [2.75, 3.05) is 30.4 Å². The number of aryl methyl sites for hydroxylation is 1. The molecule has 1 saturated heterocycles. The maximum atomic E-state index is 12.9. The minimum absolute atomic E-state index is 0.183. The van der Waals surface area contributed by atoms with Crippen LogP contribution in [-0.2, 0) is 0 Å². The van der Waals surface area contributed by atoms with Crippen molar-refractivity contribution in [3.05, 3.63) is 54.0 Å². The topological polar surface area (TPSA) is 58.9 Å². The first kappa shape index (κ1) is 18.3. The fourth-order valence-corrected chi connectivity index (χ4v) is 3.80. The number of aromatic nitrogens is 2. The first-order valence-corrected chi connectivity index (χ1v) is 9.75. The molecule has 146 valence electrons. The zero-order chi connectivity index (χ0) is 19.7. The molecule has 0 spiro atoms. The number of methoxy groups -OCH3 is 1. The van der Waals surface area contributed by atoms with Crippen LogP contribution in [0.5, 0.6) is 5.75 Å². The fraction of sp³-hybridized carbons (Fsp3) is 0.364. The largest absolute Gasteiger partial charge is 0.493 e. The van der Waals surface area contributed by atoms with Gasteiger partial charge in [0.15, 0.2) is 11.4 Å². The number of rotatable bonds is 4. The number of fused-ring (bicyclic) bond motifs is 1. The Labute approximate surface area is 165 Å². The number of hydrogen-bond acceptors (Lipinski definition) is 4. The van der Waals surface area contributed by atoms with Gasteiger partial charge in [0.25, 0.3) is 5.91 Å². The van der Waals surface area contributed by atoms with Gasteiger partial charge >= 0.3 is 0 Å². The molecule has 1 aliphatic heterocycles. The highest BCUT2D eigenvalue weighted by Gasteiger charge is 2.19. The first-order chi connectivity index (χ1) is 13.6. The number of pyridine rings is 1. The van der Waals surface area contributed by atoms with Crippen LogP contribution in [0.4, 0.5) is 11.4 Å². The molecular formula is C22H26N4O2. The van der Waals surface area contributed by atoms with Crippen molar-refractivity contribution in [2.45, 2.75) is 26.7 Å². The lowest BCUT2D eigenvalue weighted by molar-refractivity contribution is 0.102. The molecule has 3 aromatic rings. The third kappa shape index (κ3) is 3.42. The van der Waals surface area contributed by atoms with Crippen LogP contribution in [0.1, 0.15) is 35.9 Å². The lowest BCUT2D eigenvalue weighted by atomic mass is 9.99. The second-order valence-electron chi connectivity index (χ2n) is 7.49. The Bertz CT molecular complexity index is 986. The number of carbonyl (C=O) groups is 1. The van der Waals surface area contributed by atoms with Crippen molar-refractivity contribution < 1.29 is 9.53 Å². The van der Waals surface area contributed by atoms with Gasteiger partial charge < -0.3 is 15.0 Å². The van der Waals surface area contributed by atoms with E-state index in [0.717, 1.165) is 24.7 Å². The molecule has 1 N–H and O–H groups in total. The van der Waals surface area contributed by atoms with Gasteiger partial charge in [-0.25, -0.2) is 4.98 Å². The molecule has 1 aromatic carbocycles. The van der Waals surface area contributed by atoms with Crippen molar-refractivity contribution in [3.63, 3.8) is 0 Å². The highest BCUT2D eigenvalue weighted by atomic mass is 16.5. The van der Waals surface area contributed by atoms with E-state index in [4.69, 9.17) is 4.74 Å². The summed E-state index contributed by atoms with van der Waals surface area (Å²) >= 11 is 0. The van der Waals surface area contributed by atoms with Crippen molar-refractivity contribution in [1.29, 1.82) is 0 Å². The number of carbonyl (C=O) groups excluding carboxylic acids is 1. The van der Waals surface area contributed by atoms with Gasteiger partial charge in [-0.15, -0.1) is 0 Å². The number of piperidine rings is 1. The van der Waals surface area contributed by atoms with Gasteiger partial charge in [0.1, 0.15) is 5.69 Å². The summed E-state index contributed by atoms with van der Waals surface area (Å²) in [4.78, 5) is 19.8. The number of amides is 1. The highest BCUT2D eigenvalue weighted by Crippen LogP contribution is 2.25. The second kappa shape index (κ2) is 7.54. The zero-order valence-electron chi connectivity index (χ0n) is 16.6. The molecule has 0 atom stereocenters. The van der Waals surface area contributed by atoms with Crippen LogP contribution in [0.3, 0.4) is 0 Å². The molecule has 3 heterocycles. The number of benzene rings is 1. The highest BCUT2D eigenvalue weighted by molar-refractivity contribution is 6.04. The standard InChI is InChI=1S/C22H26N4O2/c1-15-10-13-25(14-11-15)18-8-6-17(7-9-18)24-22(27)20-16(2)23-21-19(28-3)5-4-12-26(20)21/h4-9,12,15H,10-11,13-14H2,1-3H3,(H,24,27). The third-order valence-electron chi connectivity index (χ3n) is 5.50. The molecule has 1 amide bonds. The van der Waals surface area contributed by atoms with Gasteiger partial charge in [-0.3, -0.25) is 9.20 Å². The molecule has 6 nitrogen and oxygen atoms in total. The molecule has 0 unspecified atom stereocenters. The van der Waals surface area contributed by atoms with Crippen LogP contribution in [0.2, 0.25) is 0 Å². The van der Waals surface area contributed by atoms with E-state index < -0.39 is 0 Å². The summed E-state index contributed by atoms with van der Waals surface area (Å²) < 4.78 is 7.12. The van der Waals surface area contributed by atoms with Gasteiger partial charge in [0.2, 0.25) is 0 Å². The van der Waals surface area contributed by atoms with Gasteiger partial charge in [-0.1, -0.05) is 6.92 Å². The van der Waals surface area contributed by atoms with Crippen molar-refractivity contribution in [2.24, 2.45) is 5.92 Å². The van der Waals surface area contributed by atoms with Crippen molar-refractivity contribution in [1.82, 2.24) is 9.38 Å². The first-order valence-electron chi connectivity index (χ1n) is 9.75. The number of ether oxygens (including phenoxy) is 1. The summed E-state index contributed by atoms with van der Waals surface area (Å²) in [7, 11) is 1.60. The quantitative estimate of drug-likeness (QED) is 0.741. The molecular weight excluding hydrogens is 352 g/mol. The molecule has 0 aliphatic carbocycles. The van der Waals surface area contributed by atoms with E-state index in [2.05, 4.69) is 34.3 Å². The molecule has 28 heavy (non-hydrogen) atoms. The van der Waals surface area contributed by atoms with E-state index in [-0.39, 0.29) is 5.91 Å². The summed E-state index contributed by atoms with van der Waals surface area (Å²) in [6.45, 7) is 6.33. The van der Waals surface area contributed by atoms with Gasteiger partial charge in [0, 0.05) is 30.7 Å². The molecule has 0 radical (unpaired) electrons. The van der Waals surface area contributed by atoms with Crippen LogP contribution in [0.15, 0.2) is 42.6 Å². The lowest BCUT2D eigenvalue weighted by Crippen LogP contribution is -2.32. The Hall–Kier alpha value is -3.02. The minimum Gasteiger partial charge on any atom is -0.493 e. The summed E-state index contributed by atoms with van der Waals surface area (Å²) in [5, 5.41) is 2.99. The van der Waals surface area contributed by atoms with Gasteiger partial charge in [0.05, 0.1) is 12.8 Å². The van der Waals surface area contributed by atoms with Crippen LogP contribution in [0.25, 0.3) is 5.65 Å². The summed E-state index contributed by atoms with van der Waals surface area (Å²) in [5.74, 6) is 1.27. The minimum atomic E-state index is -0.183. The third-order valence-corrected chi connectivity index (χ3v) is 5.50. The Morgan fingerprint density at radius 2 is 1.89 bits per heavy atom.